The van der Waals surface area contributed by atoms with Crippen molar-refractivity contribution in [2.45, 2.75) is 53.8 Å². The number of hydrogen-bond acceptors (Lipinski definition) is 8. The third kappa shape index (κ3) is 6.57. The van der Waals surface area contributed by atoms with E-state index in [0.29, 0.717) is 17.1 Å². The van der Waals surface area contributed by atoms with Crippen LogP contribution < -0.4 is 5.32 Å². The van der Waals surface area contributed by atoms with Gasteiger partial charge in [-0.15, -0.1) is 20.4 Å². The van der Waals surface area contributed by atoms with Crippen molar-refractivity contribution in [3.8, 4) is 11.4 Å². The quantitative estimate of drug-likeness (QED) is 0.794. The summed E-state index contributed by atoms with van der Waals surface area (Å²) in [4.78, 5) is 23.5. The molecule has 1 aromatic heterocycles. The molecule has 0 aliphatic heterocycles. The van der Waals surface area contributed by atoms with Gasteiger partial charge in [-0.05, 0) is 45.0 Å². The second-order valence-corrected chi connectivity index (χ2v) is 8.17. The third-order valence-corrected chi connectivity index (χ3v) is 3.31. The first-order valence-corrected chi connectivity index (χ1v) is 8.78. The maximum Gasteiger partial charge on any atom is 0.509 e. The molecule has 0 saturated heterocycles. The van der Waals surface area contributed by atoms with Crippen LogP contribution in [0.2, 0.25) is 0 Å². The highest BCUT2D eigenvalue weighted by molar-refractivity contribution is 5.94. The first-order chi connectivity index (χ1) is 12.9. The fraction of sp³-hybridized carbons (Fsp3) is 0.474. The first-order valence-electron chi connectivity index (χ1n) is 8.78. The SMILES string of the molecule is CC(C)(C)OC(=O)OCc1nnc(-c2ccc(NC(=O)C(C)(C)C)cc2)nn1. The highest BCUT2D eigenvalue weighted by Crippen LogP contribution is 2.20. The van der Waals surface area contributed by atoms with Crippen LogP contribution in [-0.4, -0.2) is 38.1 Å². The molecule has 1 N–H and O–H groups in total. The highest BCUT2D eigenvalue weighted by Gasteiger charge is 2.21. The number of anilines is 1. The zero-order chi connectivity index (χ0) is 20.9. The summed E-state index contributed by atoms with van der Waals surface area (Å²) in [5.41, 5.74) is 0.240. The molecule has 0 spiro atoms. The molecule has 0 saturated carbocycles. The summed E-state index contributed by atoms with van der Waals surface area (Å²) in [6.07, 6.45) is -0.812. The number of hydrogen-bond donors (Lipinski definition) is 1. The molecule has 1 amide bonds. The van der Waals surface area contributed by atoms with Crippen LogP contribution in [0.4, 0.5) is 10.5 Å². The molecular formula is C19H25N5O4. The topological polar surface area (TPSA) is 116 Å². The molecule has 1 heterocycles. The fourth-order valence-electron chi connectivity index (χ4n) is 1.85. The van der Waals surface area contributed by atoms with Gasteiger partial charge < -0.3 is 14.8 Å². The Balaban J connectivity index is 1.96. The Kier molecular flexibility index (Phi) is 6.27. The van der Waals surface area contributed by atoms with Crippen molar-refractivity contribution in [1.82, 2.24) is 20.4 Å². The molecule has 150 valence electrons. The van der Waals surface area contributed by atoms with Gasteiger partial charge in [0.15, 0.2) is 6.61 Å². The predicted octanol–water partition coefficient (Wildman–Crippen LogP) is 3.37. The molecule has 2 aromatic rings. The number of aromatic nitrogens is 4. The Morgan fingerprint density at radius 2 is 1.50 bits per heavy atom. The summed E-state index contributed by atoms with van der Waals surface area (Å²) in [6.45, 7) is 10.6. The third-order valence-electron chi connectivity index (χ3n) is 3.31. The van der Waals surface area contributed by atoms with Crippen molar-refractivity contribution in [3.63, 3.8) is 0 Å². The molecule has 0 radical (unpaired) electrons. The van der Waals surface area contributed by atoms with Crippen molar-refractivity contribution in [2.24, 2.45) is 5.41 Å². The van der Waals surface area contributed by atoms with Crippen LogP contribution in [-0.2, 0) is 20.9 Å². The van der Waals surface area contributed by atoms with E-state index < -0.39 is 17.2 Å². The number of benzene rings is 1. The Morgan fingerprint density at radius 1 is 0.929 bits per heavy atom. The standard InChI is InChI=1S/C19H25N5O4/c1-18(2,3)16(25)20-13-9-7-12(8-10-13)15-23-21-14(22-24-15)11-27-17(26)28-19(4,5)6/h7-10H,11H2,1-6H3,(H,20,25). The normalized spacial score (nSPS) is 11.6. The summed E-state index contributed by atoms with van der Waals surface area (Å²) in [5, 5.41) is 18.6. The van der Waals surface area contributed by atoms with Gasteiger partial charge in [-0.1, -0.05) is 20.8 Å². The van der Waals surface area contributed by atoms with Gasteiger partial charge >= 0.3 is 6.16 Å². The molecule has 0 unspecified atom stereocenters. The molecule has 0 atom stereocenters. The molecular weight excluding hydrogens is 362 g/mol. The van der Waals surface area contributed by atoms with Crippen molar-refractivity contribution >= 4 is 17.7 Å². The van der Waals surface area contributed by atoms with Gasteiger partial charge in [0.25, 0.3) is 0 Å². The molecule has 0 aliphatic carbocycles. The number of rotatable bonds is 4. The second-order valence-electron chi connectivity index (χ2n) is 8.17. The maximum absolute atomic E-state index is 12.0. The first kappa shape index (κ1) is 21.2. The average molecular weight is 387 g/mol. The van der Waals surface area contributed by atoms with Crippen LogP contribution in [0.15, 0.2) is 24.3 Å². The van der Waals surface area contributed by atoms with Gasteiger partial charge in [-0.2, -0.15) is 0 Å². The number of carbonyl (C=O) groups is 2. The Bertz CT molecular complexity index is 821. The molecule has 0 fully saturated rings. The zero-order valence-corrected chi connectivity index (χ0v) is 16.9. The van der Waals surface area contributed by atoms with E-state index in [4.69, 9.17) is 9.47 Å². The summed E-state index contributed by atoms with van der Waals surface area (Å²) in [5.74, 6) is 0.396. The average Bonchev–Trinajstić information content (AvgIpc) is 2.59. The lowest BCUT2D eigenvalue weighted by molar-refractivity contribution is -0.123. The van der Waals surface area contributed by atoms with E-state index in [1.807, 2.05) is 20.8 Å². The lowest BCUT2D eigenvalue weighted by atomic mass is 9.95. The van der Waals surface area contributed by atoms with E-state index in [-0.39, 0.29) is 18.3 Å². The van der Waals surface area contributed by atoms with Gasteiger partial charge in [0.05, 0.1) is 0 Å². The fourth-order valence-corrected chi connectivity index (χ4v) is 1.85. The van der Waals surface area contributed by atoms with Crippen molar-refractivity contribution in [3.05, 3.63) is 30.1 Å². The van der Waals surface area contributed by atoms with Gasteiger partial charge in [0.2, 0.25) is 17.6 Å². The largest absolute Gasteiger partial charge is 0.509 e. The monoisotopic (exact) mass is 387 g/mol. The summed E-state index contributed by atoms with van der Waals surface area (Å²) >= 11 is 0. The number of ether oxygens (including phenoxy) is 2. The maximum atomic E-state index is 12.0. The van der Waals surface area contributed by atoms with Gasteiger partial charge in [-0.3, -0.25) is 4.79 Å². The minimum atomic E-state index is -0.812. The Labute approximate surface area is 163 Å². The van der Waals surface area contributed by atoms with Crippen molar-refractivity contribution in [1.29, 1.82) is 0 Å². The van der Waals surface area contributed by atoms with Crippen molar-refractivity contribution < 1.29 is 19.1 Å². The van der Waals surface area contributed by atoms with Gasteiger partial charge in [0, 0.05) is 16.7 Å². The molecule has 0 aliphatic rings. The molecule has 9 nitrogen and oxygen atoms in total. The highest BCUT2D eigenvalue weighted by atomic mass is 16.7. The van der Waals surface area contributed by atoms with Crippen LogP contribution in [0, 0.1) is 5.41 Å². The van der Waals surface area contributed by atoms with E-state index >= 15 is 0 Å². The molecule has 28 heavy (non-hydrogen) atoms. The van der Waals surface area contributed by atoms with Crippen LogP contribution in [0.25, 0.3) is 11.4 Å². The van der Waals surface area contributed by atoms with Crippen molar-refractivity contribution in [2.75, 3.05) is 5.32 Å². The lowest BCUT2D eigenvalue weighted by Crippen LogP contribution is -2.27. The lowest BCUT2D eigenvalue weighted by Gasteiger charge is -2.18. The van der Waals surface area contributed by atoms with E-state index in [9.17, 15) is 9.59 Å². The van der Waals surface area contributed by atoms with Gasteiger partial charge in [0.1, 0.15) is 5.60 Å². The minimum Gasteiger partial charge on any atom is -0.429 e. The Morgan fingerprint density at radius 3 is 2.00 bits per heavy atom. The molecule has 1 aromatic carbocycles. The van der Waals surface area contributed by atoms with Crippen LogP contribution in [0.5, 0.6) is 0 Å². The van der Waals surface area contributed by atoms with Gasteiger partial charge in [-0.25, -0.2) is 4.79 Å². The molecule has 9 heteroatoms. The smallest absolute Gasteiger partial charge is 0.429 e. The summed E-state index contributed by atoms with van der Waals surface area (Å²) in [6, 6.07) is 7.02. The number of carbonyl (C=O) groups excluding carboxylic acids is 2. The summed E-state index contributed by atoms with van der Waals surface area (Å²) in [7, 11) is 0. The van der Waals surface area contributed by atoms with E-state index in [1.54, 1.807) is 45.0 Å². The number of nitrogens with one attached hydrogen (secondary N) is 1. The van der Waals surface area contributed by atoms with Crippen LogP contribution >= 0.6 is 0 Å². The van der Waals surface area contributed by atoms with Crippen LogP contribution in [0.3, 0.4) is 0 Å². The van der Waals surface area contributed by atoms with E-state index in [1.165, 1.54) is 0 Å². The van der Waals surface area contributed by atoms with Crippen LogP contribution in [0.1, 0.15) is 47.4 Å². The van der Waals surface area contributed by atoms with E-state index in [2.05, 4.69) is 25.7 Å². The summed E-state index contributed by atoms with van der Waals surface area (Å²) < 4.78 is 9.95. The minimum absolute atomic E-state index is 0.0748. The second kappa shape index (κ2) is 8.28. The zero-order valence-electron chi connectivity index (χ0n) is 16.9. The molecule has 2 rings (SSSR count). The number of nitrogens with zero attached hydrogens (tertiary/aromatic N) is 4. The number of amides is 1. The van der Waals surface area contributed by atoms with E-state index in [0.717, 1.165) is 0 Å². The predicted molar refractivity (Wildman–Crippen MR) is 102 cm³/mol. The Hall–Kier alpha value is -3.10. The molecule has 0 bridgehead atoms.